The Morgan fingerprint density at radius 1 is 1.08 bits per heavy atom. The summed E-state index contributed by atoms with van der Waals surface area (Å²) in [7, 11) is 0. The molecule has 0 spiro atoms. The number of halogens is 1. The van der Waals surface area contributed by atoms with Gasteiger partial charge in [0.05, 0.1) is 11.2 Å². The topological polar surface area (TPSA) is 56.5 Å². The number of benzene rings is 2. The molecule has 130 valence electrons. The lowest BCUT2D eigenvalue weighted by atomic mass is 10.1. The van der Waals surface area contributed by atoms with Crippen molar-refractivity contribution >= 4 is 34.3 Å². The summed E-state index contributed by atoms with van der Waals surface area (Å²) >= 11 is 7.90. The summed E-state index contributed by atoms with van der Waals surface area (Å²) in [5.41, 5.74) is 5.18. The molecule has 26 heavy (non-hydrogen) atoms. The second-order valence-corrected chi connectivity index (χ2v) is 7.38. The highest BCUT2D eigenvalue weighted by atomic mass is 35.5. The normalized spacial score (nSPS) is 11.2. The molecule has 5 nitrogen and oxygen atoms in total. The van der Waals surface area contributed by atoms with Crippen LogP contribution in [0.15, 0.2) is 53.7 Å². The standard InChI is InChI=1S/C19H16ClN5S/c1-12-7-8-17(13(2)9-12)25-19(22-23-24-25)26-11-15-10-14-5-3-4-6-16(14)21-18(15)20/h3-10H,11H2,1-2H3. The van der Waals surface area contributed by atoms with E-state index in [0.717, 1.165) is 32.9 Å². The van der Waals surface area contributed by atoms with Crippen LogP contribution in [0.25, 0.3) is 16.6 Å². The average molecular weight is 382 g/mol. The molecule has 2 heterocycles. The summed E-state index contributed by atoms with van der Waals surface area (Å²) in [5.74, 6) is 0.641. The molecular weight excluding hydrogens is 366 g/mol. The van der Waals surface area contributed by atoms with E-state index in [-0.39, 0.29) is 0 Å². The third-order valence-corrected chi connectivity index (χ3v) is 5.42. The lowest BCUT2D eigenvalue weighted by Crippen LogP contribution is -2.02. The number of fused-ring (bicyclic) bond motifs is 1. The number of rotatable bonds is 4. The van der Waals surface area contributed by atoms with Gasteiger partial charge < -0.3 is 0 Å². The van der Waals surface area contributed by atoms with Crippen LogP contribution in [0.2, 0.25) is 5.15 Å². The van der Waals surface area contributed by atoms with Crippen LogP contribution in [0.3, 0.4) is 0 Å². The van der Waals surface area contributed by atoms with E-state index in [4.69, 9.17) is 11.6 Å². The van der Waals surface area contributed by atoms with E-state index in [1.54, 1.807) is 4.68 Å². The number of hydrogen-bond donors (Lipinski definition) is 0. The van der Waals surface area contributed by atoms with Gasteiger partial charge in [0.15, 0.2) is 0 Å². The van der Waals surface area contributed by atoms with E-state index < -0.39 is 0 Å². The first-order valence-electron chi connectivity index (χ1n) is 8.15. The largest absolute Gasteiger partial charge is 0.236 e. The highest BCUT2D eigenvalue weighted by Gasteiger charge is 2.13. The number of para-hydroxylation sites is 1. The summed E-state index contributed by atoms with van der Waals surface area (Å²) in [6.07, 6.45) is 0. The average Bonchev–Trinajstić information content (AvgIpc) is 3.08. The van der Waals surface area contributed by atoms with Crippen LogP contribution in [0.5, 0.6) is 0 Å². The Morgan fingerprint density at radius 3 is 2.77 bits per heavy atom. The number of aryl methyl sites for hydroxylation is 2. The van der Waals surface area contributed by atoms with Gasteiger partial charge in [-0.15, -0.1) is 5.10 Å². The second-order valence-electron chi connectivity index (χ2n) is 6.08. The number of tetrazole rings is 1. The molecule has 0 aliphatic heterocycles. The first-order chi connectivity index (χ1) is 12.6. The number of pyridine rings is 1. The number of thioether (sulfide) groups is 1. The summed E-state index contributed by atoms with van der Waals surface area (Å²) in [4.78, 5) is 4.47. The third-order valence-electron chi connectivity index (χ3n) is 4.13. The molecule has 0 radical (unpaired) electrons. The Hall–Kier alpha value is -2.44. The minimum Gasteiger partial charge on any atom is -0.236 e. The van der Waals surface area contributed by atoms with Gasteiger partial charge in [-0.25, -0.2) is 4.98 Å². The first kappa shape index (κ1) is 17.0. The van der Waals surface area contributed by atoms with Crippen molar-refractivity contribution in [2.24, 2.45) is 0 Å². The van der Waals surface area contributed by atoms with Crippen molar-refractivity contribution < 1.29 is 0 Å². The van der Waals surface area contributed by atoms with E-state index in [9.17, 15) is 0 Å². The fourth-order valence-corrected chi connectivity index (χ4v) is 3.99. The van der Waals surface area contributed by atoms with Gasteiger partial charge in [0.2, 0.25) is 5.16 Å². The van der Waals surface area contributed by atoms with Crippen LogP contribution in [0.1, 0.15) is 16.7 Å². The lowest BCUT2D eigenvalue weighted by molar-refractivity contribution is 0.751. The van der Waals surface area contributed by atoms with Gasteiger partial charge in [-0.05, 0) is 48.0 Å². The maximum absolute atomic E-state index is 6.36. The zero-order chi connectivity index (χ0) is 18.1. The first-order valence-corrected chi connectivity index (χ1v) is 9.51. The molecule has 0 aliphatic rings. The van der Waals surface area contributed by atoms with Gasteiger partial charge in [-0.3, -0.25) is 0 Å². The molecule has 7 heteroatoms. The Labute approximate surface area is 160 Å². The highest BCUT2D eigenvalue weighted by Crippen LogP contribution is 2.28. The van der Waals surface area contributed by atoms with Crippen molar-refractivity contribution in [2.75, 3.05) is 0 Å². The number of aromatic nitrogens is 5. The van der Waals surface area contributed by atoms with Crippen molar-refractivity contribution in [1.29, 1.82) is 0 Å². The van der Waals surface area contributed by atoms with Crippen LogP contribution in [-0.4, -0.2) is 25.2 Å². The minimum atomic E-state index is 0.516. The van der Waals surface area contributed by atoms with Gasteiger partial charge in [-0.2, -0.15) is 4.68 Å². The van der Waals surface area contributed by atoms with Crippen LogP contribution in [0, 0.1) is 13.8 Å². The molecule has 0 N–H and O–H groups in total. The molecule has 0 atom stereocenters. The fourth-order valence-electron chi connectivity index (χ4n) is 2.84. The van der Waals surface area contributed by atoms with Crippen molar-refractivity contribution in [3.63, 3.8) is 0 Å². The molecule has 0 saturated heterocycles. The molecule has 0 aliphatic carbocycles. The summed E-state index contributed by atoms with van der Waals surface area (Å²) in [6.45, 7) is 4.13. The maximum Gasteiger partial charge on any atom is 0.214 e. The molecule has 0 amide bonds. The van der Waals surface area contributed by atoms with Crippen LogP contribution < -0.4 is 0 Å². The summed E-state index contributed by atoms with van der Waals surface area (Å²) in [6, 6.07) is 16.2. The van der Waals surface area contributed by atoms with Gasteiger partial charge >= 0.3 is 0 Å². The Bertz CT molecular complexity index is 1090. The van der Waals surface area contributed by atoms with Gasteiger partial charge in [-0.1, -0.05) is 59.3 Å². The zero-order valence-electron chi connectivity index (χ0n) is 14.3. The predicted octanol–water partition coefficient (Wildman–Crippen LogP) is 4.77. The number of nitrogens with zero attached hydrogens (tertiary/aromatic N) is 5. The van der Waals surface area contributed by atoms with Crippen LogP contribution in [0.4, 0.5) is 0 Å². The molecule has 0 saturated carbocycles. The Balaban J connectivity index is 1.62. The summed E-state index contributed by atoms with van der Waals surface area (Å²) < 4.78 is 1.77. The van der Waals surface area contributed by atoms with E-state index >= 15 is 0 Å². The van der Waals surface area contributed by atoms with Crippen LogP contribution >= 0.6 is 23.4 Å². The molecule has 2 aromatic heterocycles. The monoisotopic (exact) mass is 381 g/mol. The predicted molar refractivity (Wildman–Crippen MR) is 105 cm³/mol. The Morgan fingerprint density at radius 2 is 1.92 bits per heavy atom. The molecule has 2 aromatic carbocycles. The Kier molecular flexibility index (Phi) is 4.61. The third kappa shape index (κ3) is 3.30. The second kappa shape index (κ2) is 7.05. The smallest absolute Gasteiger partial charge is 0.214 e. The van der Waals surface area contributed by atoms with E-state index in [1.807, 2.05) is 30.3 Å². The van der Waals surface area contributed by atoms with E-state index in [1.165, 1.54) is 17.3 Å². The van der Waals surface area contributed by atoms with E-state index in [2.05, 4.69) is 52.6 Å². The van der Waals surface area contributed by atoms with Crippen molar-refractivity contribution in [1.82, 2.24) is 25.2 Å². The fraction of sp³-hybridized carbons (Fsp3) is 0.158. The molecule has 0 bridgehead atoms. The van der Waals surface area contributed by atoms with Gasteiger partial charge in [0.25, 0.3) is 0 Å². The lowest BCUT2D eigenvalue weighted by Gasteiger charge is -2.09. The number of hydrogen-bond acceptors (Lipinski definition) is 5. The highest BCUT2D eigenvalue weighted by molar-refractivity contribution is 7.98. The zero-order valence-corrected chi connectivity index (χ0v) is 15.9. The molecule has 0 unspecified atom stereocenters. The minimum absolute atomic E-state index is 0.516. The van der Waals surface area contributed by atoms with Gasteiger partial charge in [0, 0.05) is 16.7 Å². The molecule has 0 fully saturated rings. The summed E-state index contributed by atoms with van der Waals surface area (Å²) in [5, 5.41) is 14.5. The SMILES string of the molecule is Cc1ccc(-n2nnnc2SCc2cc3ccccc3nc2Cl)c(C)c1. The van der Waals surface area contributed by atoms with E-state index in [0.29, 0.717) is 10.9 Å². The van der Waals surface area contributed by atoms with Crippen molar-refractivity contribution in [3.05, 3.63) is 70.4 Å². The van der Waals surface area contributed by atoms with Gasteiger partial charge in [0.1, 0.15) is 5.15 Å². The van der Waals surface area contributed by atoms with Crippen molar-refractivity contribution in [2.45, 2.75) is 24.8 Å². The molecule has 4 rings (SSSR count). The van der Waals surface area contributed by atoms with Crippen LogP contribution in [-0.2, 0) is 5.75 Å². The molecule has 4 aromatic rings. The maximum atomic E-state index is 6.36. The molecular formula is C19H16ClN5S. The quantitative estimate of drug-likeness (QED) is 0.376. The van der Waals surface area contributed by atoms with Crippen molar-refractivity contribution in [3.8, 4) is 5.69 Å².